The van der Waals surface area contributed by atoms with Gasteiger partial charge in [-0.2, -0.15) is 0 Å². The number of anilines is 1. The molecule has 138 valence electrons. The van der Waals surface area contributed by atoms with Crippen LogP contribution in [0.2, 0.25) is 0 Å². The van der Waals surface area contributed by atoms with Crippen LogP contribution in [0.1, 0.15) is 21.6 Å². The second kappa shape index (κ2) is 7.44. The van der Waals surface area contributed by atoms with E-state index in [1.54, 1.807) is 25.3 Å². The number of pyridine rings is 1. The Balaban J connectivity index is 1.88. The second-order valence-corrected chi connectivity index (χ2v) is 6.33. The number of rotatable bonds is 5. The molecule has 2 N–H and O–H groups in total. The Kier molecular flexibility index (Phi) is 4.68. The summed E-state index contributed by atoms with van der Waals surface area (Å²) in [7, 11) is 1.59. The molecular weight excluding hydrogens is 352 g/mol. The lowest BCUT2D eigenvalue weighted by Crippen LogP contribution is -2.04. The van der Waals surface area contributed by atoms with E-state index in [9.17, 15) is 4.79 Å². The molecule has 4 aromatic rings. The maximum Gasteiger partial charge on any atom is 0.220 e. The number of nitrogens with two attached hydrogens (primary N) is 1. The smallest absolute Gasteiger partial charge is 0.220 e. The summed E-state index contributed by atoms with van der Waals surface area (Å²) in [5, 5.41) is 0. The lowest BCUT2D eigenvalue weighted by molar-refractivity contribution is 0.112. The molecule has 0 saturated carbocycles. The molecule has 2 heterocycles. The van der Waals surface area contributed by atoms with Gasteiger partial charge in [0.2, 0.25) is 5.95 Å². The molecule has 0 aliphatic rings. The number of nitrogens with zero attached hydrogens (tertiary/aromatic N) is 3. The highest BCUT2D eigenvalue weighted by molar-refractivity contribution is 5.89. The molecular formula is C22H18N4O2. The maximum absolute atomic E-state index is 11.5. The monoisotopic (exact) mass is 370 g/mol. The van der Waals surface area contributed by atoms with Gasteiger partial charge in [0.25, 0.3) is 0 Å². The minimum atomic E-state index is 0.211. The molecule has 0 radical (unpaired) electrons. The van der Waals surface area contributed by atoms with Gasteiger partial charge in [0.1, 0.15) is 11.3 Å². The van der Waals surface area contributed by atoms with E-state index in [1.165, 1.54) is 0 Å². The minimum Gasteiger partial charge on any atom is -0.497 e. The number of carbonyl (C=O) groups excluding carboxylic acids is 1. The van der Waals surface area contributed by atoms with Gasteiger partial charge in [0.15, 0.2) is 6.29 Å². The number of hydrogen-bond donors (Lipinski definition) is 1. The van der Waals surface area contributed by atoms with E-state index in [0.29, 0.717) is 40.0 Å². The van der Waals surface area contributed by atoms with Gasteiger partial charge >= 0.3 is 0 Å². The van der Waals surface area contributed by atoms with Crippen LogP contribution in [-0.4, -0.2) is 28.3 Å². The highest BCUT2D eigenvalue weighted by Gasteiger charge is 2.13. The van der Waals surface area contributed by atoms with Gasteiger partial charge in [-0.3, -0.25) is 4.79 Å². The number of benzene rings is 2. The van der Waals surface area contributed by atoms with Gasteiger partial charge < -0.3 is 10.5 Å². The van der Waals surface area contributed by atoms with Crippen molar-refractivity contribution in [1.82, 2.24) is 15.0 Å². The third-order valence-electron chi connectivity index (χ3n) is 4.51. The number of aromatic nitrogens is 3. The average molecular weight is 370 g/mol. The van der Waals surface area contributed by atoms with E-state index >= 15 is 0 Å². The van der Waals surface area contributed by atoms with Crippen molar-refractivity contribution in [3.8, 4) is 17.0 Å². The van der Waals surface area contributed by atoms with E-state index in [4.69, 9.17) is 15.5 Å². The first-order chi connectivity index (χ1) is 13.7. The van der Waals surface area contributed by atoms with E-state index in [-0.39, 0.29) is 5.95 Å². The van der Waals surface area contributed by atoms with Crippen LogP contribution >= 0.6 is 0 Å². The summed E-state index contributed by atoms with van der Waals surface area (Å²) in [6.07, 6.45) is 1.39. The summed E-state index contributed by atoms with van der Waals surface area (Å²) in [5.74, 6) is 0.864. The summed E-state index contributed by atoms with van der Waals surface area (Å²) in [6.45, 7) is 0. The molecule has 0 aliphatic carbocycles. The fraction of sp³-hybridized carbons (Fsp3) is 0.0909. The molecule has 6 nitrogen and oxygen atoms in total. The van der Waals surface area contributed by atoms with Crippen molar-refractivity contribution in [2.75, 3.05) is 12.8 Å². The van der Waals surface area contributed by atoms with Gasteiger partial charge in [-0.1, -0.05) is 30.3 Å². The Morgan fingerprint density at radius 2 is 1.82 bits per heavy atom. The van der Waals surface area contributed by atoms with Crippen LogP contribution < -0.4 is 10.5 Å². The summed E-state index contributed by atoms with van der Waals surface area (Å²) < 4.78 is 5.30. The van der Waals surface area contributed by atoms with E-state index < -0.39 is 0 Å². The average Bonchev–Trinajstić information content (AvgIpc) is 2.73. The molecule has 0 atom stereocenters. The SMILES string of the molecule is COc1ccc(C=O)c(-c2ccc3nc(N)nc(Cc4ccccc4)c3n2)c1. The third kappa shape index (κ3) is 3.40. The third-order valence-corrected chi connectivity index (χ3v) is 4.51. The fourth-order valence-electron chi connectivity index (χ4n) is 3.14. The summed E-state index contributed by atoms with van der Waals surface area (Å²) in [4.78, 5) is 25.0. The molecule has 2 aromatic carbocycles. The zero-order chi connectivity index (χ0) is 19.5. The van der Waals surface area contributed by atoms with Crippen molar-refractivity contribution < 1.29 is 9.53 Å². The largest absolute Gasteiger partial charge is 0.497 e. The van der Waals surface area contributed by atoms with Crippen molar-refractivity contribution in [1.29, 1.82) is 0 Å². The first kappa shape index (κ1) is 17.6. The Hall–Kier alpha value is -3.80. The van der Waals surface area contributed by atoms with Crippen molar-refractivity contribution >= 4 is 23.3 Å². The zero-order valence-corrected chi connectivity index (χ0v) is 15.3. The van der Waals surface area contributed by atoms with Crippen molar-refractivity contribution in [2.45, 2.75) is 6.42 Å². The predicted molar refractivity (Wildman–Crippen MR) is 108 cm³/mol. The molecule has 4 rings (SSSR count). The minimum absolute atomic E-state index is 0.211. The maximum atomic E-state index is 11.5. The van der Waals surface area contributed by atoms with E-state index in [0.717, 1.165) is 17.5 Å². The molecule has 0 bridgehead atoms. The van der Waals surface area contributed by atoms with Crippen LogP contribution in [0.4, 0.5) is 5.95 Å². The quantitative estimate of drug-likeness (QED) is 0.539. The number of nitrogen functional groups attached to an aromatic ring is 1. The van der Waals surface area contributed by atoms with Crippen LogP contribution in [-0.2, 0) is 6.42 Å². The molecule has 0 unspecified atom stereocenters. The second-order valence-electron chi connectivity index (χ2n) is 6.33. The number of carbonyl (C=O) groups is 1. The van der Waals surface area contributed by atoms with E-state index in [2.05, 4.69) is 9.97 Å². The molecule has 0 aliphatic heterocycles. The van der Waals surface area contributed by atoms with Crippen LogP contribution in [0.3, 0.4) is 0 Å². The highest BCUT2D eigenvalue weighted by Crippen LogP contribution is 2.28. The number of hydrogen-bond acceptors (Lipinski definition) is 6. The van der Waals surface area contributed by atoms with Gasteiger partial charge in [-0.05, 0) is 35.9 Å². The molecule has 28 heavy (non-hydrogen) atoms. The summed E-state index contributed by atoms with van der Waals surface area (Å²) >= 11 is 0. The summed E-state index contributed by atoms with van der Waals surface area (Å²) in [5.41, 5.74) is 10.9. The van der Waals surface area contributed by atoms with Gasteiger partial charge in [0.05, 0.1) is 24.0 Å². The van der Waals surface area contributed by atoms with Crippen LogP contribution in [0.15, 0.2) is 60.7 Å². The predicted octanol–water partition coefficient (Wildman–Crippen LogP) is 3.69. The molecule has 0 fully saturated rings. The first-order valence-corrected chi connectivity index (χ1v) is 8.78. The van der Waals surface area contributed by atoms with Crippen LogP contribution in [0, 0.1) is 0 Å². The topological polar surface area (TPSA) is 91.0 Å². The van der Waals surface area contributed by atoms with Crippen molar-refractivity contribution in [3.63, 3.8) is 0 Å². The lowest BCUT2D eigenvalue weighted by Gasteiger charge is -2.10. The Labute approximate surface area is 162 Å². The standard InChI is InChI=1S/C22H18N4O2/c1-28-16-8-7-15(13-27)17(12-16)18-9-10-19-21(24-18)20(26-22(23)25-19)11-14-5-3-2-4-6-14/h2-10,12-13H,11H2,1H3,(H2,23,25,26). The Morgan fingerprint density at radius 3 is 2.57 bits per heavy atom. The Morgan fingerprint density at radius 1 is 1.00 bits per heavy atom. The van der Waals surface area contributed by atoms with Gasteiger partial charge in [-0.25, -0.2) is 15.0 Å². The van der Waals surface area contributed by atoms with Crippen molar-refractivity contribution in [3.05, 3.63) is 77.5 Å². The Bertz CT molecular complexity index is 1160. The van der Waals surface area contributed by atoms with Crippen LogP contribution in [0.5, 0.6) is 5.75 Å². The molecule has 6 heteroatoms. The number of ether oxygens (including phenoxy) is 1. The zero-order valence-electron chi connectivity index (χ0n) is 15.3. The van der Waals surface area contributed by atoms with Crippen molar-refractivity contribution in [2.24, 2.45) is 0 Å². The highest BCUT2D eigenvalue weighted by atomic mass is 16.5. The molecule has 0 spiro atoms. The van der Waals surface area contributed by atoms with Crippen LogP contribution in [0.25, 0.3) is 22.3 Å². The van der Waals surface area contributed by atoms with Gasteiger partial charge in [-0.15, -0.1) is 0 Å². The number of methoxy groups -OCH3 is 1. The number of aldehydes is 1. The lowest BCUT2D eigenvalue weighted by atomic mass is 10.0. The molecule has 2 aromatic heterocycles. The van der Waals surface area contributed by atoms with Gasteiger partial charge in [0, 0.05) is 17.5 Å². The molecule has 0 amide bonds. The first-order valence-electron chi connectivity index (χ1n) is 8.78. The summed E-state index contributed by atoms with van der Waals surface area (Å²) in [6, 6.07) is 18.9. The normalized spacial score (nSPS) is 10.8. The molecule has 0 saturated heterocycles. The fourth-order valence-corrected chi connectivity index (χ4v) is 3.14. The van der Waals surface area contributed by atoms with E-state index in [1.807, 2.05) is 42.5 Å². The number of fused-ring (bicyclic) bond motifs is 1.